The molecule has 0 aliphatic heterocycles. The molecule has 0 saturated heterocycles. The van der Waals surface area contributed by atoms with Crippen LogP contribution in [0.2, 0.25) is 0 Å². The van der Waals surface area contributed by atoms with Gasteiger partial charge in [0.15, 0.2) is 0 Å². The maximum atomic E-state index is 6.41. The summed E-state index contributed by atoms with van der Waals surface area (Å²) in [6.45, 7) is 0. The highest BCUT2D eigenvalue weighted by atomic mass is 32.2. The van der Waals surface area contributed by atoms with Crippen molar-refractivity contribution in [1.82, 2.24) is 0 Å². The van der Waals surface area contributed by atoms with Crippen LogP contribution in [0.4, 0.5) is 5.69 Å². The quantitative estimate of drug-likeness (QED) is 0.378. The van der Waals surface area contributed by atoms with Crippen LogP contribution in [0.1, 0.15) is 0 Å². The van der Waals surface area contributed by atoms with Crippen LogP contribution in [-0.2, 0) is 0 Å². The van der Waals surface area contributed by atoms with Crippen molar-refractivity contribution in [3.05, 3.63) is 78.9 Å². The first kappa shape index (κ1) is 13.2. The first-order valence-electron chi connectivity index (χ1n) is 7.26. The Balaban J connectivity index is 2.07. The molecular formula is C20H15NS. The van der Waals surface area contributed by atoms with Gasteiger partial charge in [-0.3, -0.25) is 0 Å². The van der Waals surface area contributed by atoms with E-state index >= 15 is 0 Å². The third-order valence-electron chi connectivity index (χ3n) is 3.89. The van der Waals surface area contributed by atoms with E-state index in [0.29, 0.717) is 0 Å². The molecule has 0 fully saturated rings. The summed E-state index contributed by atoms with van der Waals surface area (Å²) in [7, 11) is 0. The standard InChI is InChI=1S/C20H15NS/c21-19-15-10-4-6-12-17(15)20(18-13-7-5-11-16(18)19)22-14-8-2-1-3-9-14/h1-13H,21H2. The molecular weight excluding hydrogens is 286 g/mol. The second kappa shape index (κ2) is 5.39. The molecule has 1 nitrogen and oxygen atoms in total. The van der Waals surface area contributed by atoms with Gasteiger partial charge < -0.3 is 5.73 Å². The van der Waals surface area contributed by atoms with Crippen molar-refractivity contribution in [3.8, 4) is 0 Å². The van der Waals surface area contributed by atoms with E-state index in [-0.39, 0.29) is 0 Å². The Morgan fingerprint density at radius 1 is 0.545 bits per heavy atom. The molecule has 0 bridgehead atoms. The van der Waals surface area contributed by atoms with Gasteiger partial charge in [-0.1, -0.05) is 78.5 Å². The van der Waals surface area contributed by atoms with E-state index in [1.165, 1.54) is 20.6 Å². The van der Waals surface area contributed by atoms with E-state index < -0.39 is 0 Å². The number of benzene rings is 4. The Kier molecular flexibility index (Phi) is 3.24. The smallest absolute Gasteiger partial charge is 0.0474 e. The van der Waals surface area contributed by atoms with Crippen molar-refractivity contribution in [2.75, 3.05) is 5.73 Å². The average molecular weight is 301 g/mol. The predicted octanol–water partition coefficient (Wildman–Crippen LogP) is 5.73. The minimum absolute atomic E-state index is 0.864. The molecule has 2 heteroatoms. The Morgan fingerprint density at radius 2 is 1.00 bits per heavy atom. The fourth-order valence-electron chi connectivity index (χ4n) is 2.84. The van der Waals surface area contributed by atoms with E-state index in [2.05, 4.69) is 60.7 Å². The van der Waals surface area contributed by atoms with Gasteiger partial charge in [-0.25, -0.2) is 0 Å². The number of nitrogen functional groups attached to an aromatic ring is 1. The summed E-state index contributed by atoms with van der Waals surface area (Å²) >= 11 is 1.80. The summed E-state index contributed by atoms with van der Waals surface area (Å²) in [6.07, 6.45) is 0. The van der Waals surface area contributed by atoms with E-state index in [9.17, 15) is 0 Å². The SMILES string of the molecule is Nc1c2ccccc2c(Sc2ccccc2)c2ccccc12. The third-order valence-corrected chi connectivity index (χ3v) is 5.04. The van der Waals surface area contributed by atoms with Gasteiger partial charge >= 0.3 is 0 Å². The van der Waals surface area contributed by atoms with Crippen molar-refractivity contribution >= 4 is 39.0 Å². The molecule has 0 aliphatic carbocycles. The molecule has 106 valence electrons. The predicted molar refractivity (Wildman–Crippen MR) is 96.4 cm³/mol. The van der Waals surface area contributed by atoms with Crippen molar-refractivity contribution < 1.29 is 0 Å². The largest absolute Gasteiger partial charge is 0.398 e. The van der Waals surface area contributed by atoms with Crippen LogP contribution >= 0.6 is 11.8 Å². The highest BCUT2D eigenvalue weighted by molar-refractivity contribution is 7.99. The lowest BCUT2D eigenvalue weighted by Crippen LogP contribution is -1.92. The molecule has 0 spiro atoms. The second-order valence-electron chi connectivity index (χ2n) is 5.25. The fourth-order valence-corrected chi connectivity index (χ4v) is 3.94. The number of anilines is 1. The normalized spacial score (nSPS) is 11.1. The summed E-state index contributed by atoms with van der Waals surface area (Å²) in [5.41, 5.74) is 7.27. The van der Waals surface area contributed by atoms with Gasteiger partial charge in [-0.15, -0.1) is 0 Å². The zero-order valence-corrected chi connectivity index (χ0v) is 12.8. The van der Waals surface area contributed by atoms with Crippen molar-refractivity contribution in [2.24, 2.45) is 0 Å². The molecule has 0 atom stereocenters. The van der Waals surface area contributed by atoms with Crippen molar-refractivity contribution in [2.45, 2.75) is 9.79 Å². The Hall–Kier alpha value is -2.45. The topological polar surface area (TPSA) is 26.0 Å². The lowest BCUT2D eigenvalue weighted by molar-refractivity contribution is 1.45. The van der Waals surface area contributed by atoms with Crippen LogP contribution in [0.15, 0.2) is 88.7 Å². The second-order valence-corrected chi connectivity index (χ2v) is 6.33. The summed E-state index contributed by atoms with van der Waals surface area (Å²) in [5.74, 6) is 0. The number of nitrogens with two attached hydrogens (primary N) is 1. The monoisotopic (exact) mass is 301 g/mol. The van der Waals surface area contributed by atoms with Crippen molar-refractivity contribution in [1.29, 1.82) is 0 Å². The fraction of sp³-hybridized carbons (Fsp3) is 0. The first-order chi connectivity index (χ1) is 10.8. The maximum Gasteiger partial charge on any atom is 0.0474 e. The maximum absolute atomic E-state index is 6.41. The summed E-state index contributed by atoms with van der Waals surface area (Å²) in [5, 5.41) is 4.68. The summed E-state index contributed by atoms with van der Waals surface area (Å²) in [4.78, 5) is 2.51. The van der Waals surface area contributed by atoms with Crippen molar-refractivity contribution in [3.63, 3.8) is 0 Å². The Labute approximate surface area is 133 Å². The zero-order valence-electron chi connectivity index (χ0n) is 12.0. The Morgan fingerprint density at radius 3 is 1.55 bits per heavy atom. The highest BCUT2D eigenvalue weighted by Crippen LogP contribution is 2.42. The van der Waals surface area contributed by atoms with E-state index in [4.69, 9.17) is 5.73 Å². The number of rotatable bonds is 2. The molecule has 4 aromatic carbocycles. The zero-order chi connectivity index (χ0) is 14.9. The molecule has 0 heterocycles. The number of hydrogen-bond acceptors (Lipinski definition) is 2. The van der Waals surface area contributed by atoms with Gasteiger partial charge in [-0.05, 0) is 22.9 Å². The minimum Gasteiger partial charge on any atom is -0.398 e. The van der Waals surface area contributed by atoms with Gasteiger partial charge in [0.2, 0.25) is 0 Å². The number of fused-ring (bicyclic) bond motifs is 2. The van der Waals surface area contributed by atoms with E-state index in [1.54, 1.807) is 11.8 Å². The summed E-state index contributed by atoms with van der Waals surface area (Å²) in [6, 6.07) is 27.2. The molecule has 22 heavy (non-hydrogen) atoms. The van der Waals surface area contributed by atoms with Gasteiger partial charge in [-0.2, -0.15) is 0 Å². The molecule has 0 saturated carbocycles. The molecule has 0 radical (unpaired) electrons. The van der Waals surface area contributed by atoms with Gasteiger partial charge in [0.1, 0.15) is 0 Å². The van der Waals surface area contributed by atoms with E-state index in [0.717, 1.165) is 16.5 Å². The van der Waals surface area contributed by atoms with Crippen LogP contribution in [0.5, 0.6) is 0 Å². The lowest BCUT2D eigenvalue weighted by Gasteiger charge is -2.14. The molecule has 0 aliphatic rings. The number of hydrogen-bond donors (Lipinski definition) is 1. The van der Waals surface area contributed by atoms with Gasteiger partial charge in [0, 0.05) is 26.3 Å². The molecule has 0 aromatic heterocycles. The Bertz CT molecular complexity index is 904. The highest BCUT2D eigenvalue weighted by Gasteiger charge is 2.12. The van der Waals surface area contributed by atoms with E-state index in [1.807, 2.05) is 18.2 Å². The average Bonchev–Trinajstić information content (AvgIpc) is 2.59. The van der Waals surface area contributed by atoms with Gasteiger partial charge in [0.05, 0.1) is 0 Å². The molecule has 0 amide bonds. The summed E-state index contributed by atoms with van der Waals surface area (Å²) < 4.78 is 0. The molecule has 4 aromatic rings. The van der Waals surface area contributed by atoms with Crippen LogP contribution in [0.3, 0.4) is 0 Å². The molecule has 0 unspecified atom stereocenters. The minimum atomic E-state index is 0.864. The van der Waals surface area contributed by atoms with Crippen LogP contribution in [0.25, 0.3) is 21.5 Å². The molecule has 2 N–H and O–H groups in total. The van der Waals surface area contributed by atoms with Crippen LogP contribution in [0, 0.1) is 0 Å². The molecule has 4 rings (SSSR count). The van der Waals surface area contributed by atoms with Crippen LogP contribution in [-0.4, -0.2) is 0 Å². The lowest BCUT2D eigenvalue weighted by atomic mass is 10.0. The van der Waals surface area contributed by atoms with Crippen LogP contribution < -0.4 is 5.73 Å². The third kappa shape index (κ3) is 2.13. The van der Waals surface area contributed by atoms with Gasteiger partial charge in [0.25, 0.3) is 0 Å². The first-order valence-corrected chi connectivity index (χ1v) is 8.08.